The Hall–Kier alpha value is -1.28. The summed E-state index contributed by atoms with van der Waals surface area (Å²) in [6.07, 6.45) is 1.25. The Kier molecular flexibility index (Phi) is 2.53. The fraction of sp³-hybridized carbons (Fsp3) is 0.333. The number of nitrogens with one attached hydrogen (secondary N) is 1. The summed E-state index contributed by atoms with van der Waals surface area (Å²) >= 11 is 0. The van der Waals surface area contributed by atoms with Gasteiger partial charge in [0.2, 0.25) is 0 Å². The van der Waals surface area contributed by atoms with E-state index in [1.807, 2.05) is 0 Å². The second-order valence-electron chi connectivity index (χ2n) is 2.63. The molecule has 0 saturated carbocycles. The van der Waals surface area contributed by atoms with Crippen LogP contribution in [0.5, 0.6) is 0 Å². The first-order chi connectivity index (χ1) is 7.09. The second-order valence-corrected chi connectivity index (χ2v) is 5.13. The number of H-pyrrole nitrogens is 1. The van der Waals surface area contributed by atoms with Gasteiger partial charge in [0.25, 0.3) is 14.9 Å². The number of nitrogens with zero attached hydrogens (tertiary/aromatic N) is 2. The summed E-state index contributed by atoms with van der Waals surface area (Å²) in [5.74, 6) is 0.0502. The van der Waals surface area contributed by atoms with Gasteiger partial charge in [-0.3, -0.25) is 5.10 Å². The van der Waals surface area contributed by atoms with Gasteiger partial charge < -0.3 is 9.57 Å². The summed E-state index contributed by atoms with van der Waals surface area (Å²) in [6.45, 7) is 0.621. The van der Waals surface area contributed by atoms with Crippen LogP contribution in [0.2, 0.25) is 0 Å². The minimum atomic E-state index is -3.90. The van der Waals surface area contributed by atoms with Gasteiger partial charge in [-0.1, -0.05) is 0 Å². The van der Waals surface area contributed by atoms with Gasteiger partial charge in [-0.15, -0.1) is 0 Å². The first kappa shape index (κ1) is 10.2. The van der Waals surface area contributed by atoms with E-state index in [0.29, 0.717) is 13.2 Å². The van der Waals surface area contributed by atoms with Crippen LogP contribution in [0.3, 0.4) is 0 Å². The molecule has 0 aliphatic carbocycles. The van der Waals surface area contributed by atoms with Gasteiger partial charge in [0, 0.05) is 10.7 Å². The summed E-state index contributed by atoms with van der Waals surface area (Å²) in [5, 5.41) is 9.12. The van der Waals surface area contributed by atoms with Crippen molar-refractivity contribution < 1.29 is 18.0 Å². The van der Waals surface area contributed by atoms with Crippen molar-refractivity contribution in [3.8, 4) is 0 Å². The molecule has 9 heteroatoms. The van der Waals surface area contributed by atoms with Crippen molar-refractivity contribution >= 4 is 25.6 Å². The predicted molar refractivity (Wildman–Crippen MR) is 50.1 cm³/mol. The van der Waals surface area contributed by atoms with E-state index in [1.54, 1.807) is 0 Å². The topological polar surface area (TPSA) is 93.6 Å². The zero-order chi connectivity index (χ0) is 10.9. The standard InChI is InChI=1S/C6H6ClN3O4S/c7-15(11,12)6-4(3-8-9-6)5-10-14-2-1-13-5/h3H,1-2H2,(H,8,9). The molecule has 1 aromatic rings. The number of aromatic amines is 1. The van der Waals surface area contributed by atoms with Gasteiger partial charge in [-0.05, 0) is 5.16 Å². The van der Waals surface area contributed by atoms with Crippen molar-refractivity contribution in [3.05, 3.63) is 11.8 Å². The first-order valence-corrected chi connectivity index (χ1v) is 6.21. The van der Waals surface area contributed by atoms with E-state index in [0.717, 1.165) is 0 Å². The molecule has 15 heavy (non-hydrogen) atoms. The van der Waals surface area contributed by atoms with E-state index in [-0.39, 0.29) is 16.5 Å². The van der Waals surface area contributed by atoms with Crippen molar-refractivity contribution in [3.63, 3.8) is 0 Å². The molecule has 0 amide bonds. The van der Waals surface area contributed by atoms with Crippen LogP contribution in [0.1, 0.15) is 5.56 Å². The van der Waals surface area contributed by atoms with Gasteiger partial charge >= 0.3 is 0 Å². The largest absolute Gasteiger partial charge is 0.471 e. The fourth-order valence-electron chi connectivity index (χ4n) is 1.05. The lowest BCUT2D eigenvalue weighted by molar-refractivity contribution is 0.0653. The highest BCUT2D eigenvalue weighted by molar-refractivity contribution is 8.13. The Morgan fingerprint density at radius 1 is 1.47 bits per heavy atom. The van der Waals surface area contributed by atoms with Gasteiger partial charge in [-0.25, -0.2) is 8.42 Å². The maximum Gasteiger partial charge on any atom is 0.278 e. The number of halogens is 1. The number of aromatic nitrogens is 2. The summed E-state index contributed by atoms with van der Waals surface area (Å²) in [4.78, 5) is 4.76. The van der Waals surface area contributed by atoms with Crippen LogP contribution in [0.4, 0.5) is 0 Å². The van der Waals surface area contributed by atoms with E-state index >= 15 is 0 Å². The molecule has 0 radical (unpaired) electrons. The van der Waals surface area contributed by atoms with Crippen LogP contribution in [0.25, 0.3) is 0 Å². The summed E-state index contributed by atoms with van der Waals surface area (Å²) < 4.78 is 27.3. The van der Waals surface area contributed by atoms with Crippen LogP contribution in [-0.2, 0) is 18.6 Å². The van der Waals surface area contributed by atoms with Crippen molar-refractivity contribution in [2.24, 2.45) is 5.16 Å². The summed E-state index contributed by atoms with van der Waals surface area (Å²) in [5.41, 5.74) is 0.157. The average molecular weight is 252 g/mol. The molecule has 1 N–H and O–H groups in total. The number of rotatable bonds is 2. The van der Waals surface area contributed by atoms with E-state index < -0.39 is 9.05 Å². The number of hydrogen-bond acceptors (Lipinski definition) is 6. The third-order valence-electron chi connectivity index (χ3n) is 1.64. The van der Waals surface area contributed by atoms with Gasteiger partial charge in [0.05, 0.1) is 11.8 Å². The Balaban J connectivity index is 2.45. The van der Waals surface area contributed by atoms with Crippen molar-refractivity contribution in [2.75, 3.05) is 13.2 Å². The zero-order valence-electron chi connectivity index (χ0n) is 7.31. The molecule has 1 aliphatic heterocycles. The number of ether oxygens (including phenoxy) is 1. The van der Waals surface area contributed by atoms with Crippen molar-refractivity contribution in [2.45, 2.75) is 5.03 Å². The predicted octanol–water partition coefficient (Wildman–Crippen LogP) is 0.0456. The minimum Gasteiger partial charge on any atom is -0.471 e. The zero-order valence-corrected chi connectivity index (χ0v) is 8.88. The third-order valence-corrected chi connectivity index (χ3v) is 2.90. The van der Waals surface area contributed by atoms with E-state index in [4.69, 9.17) is 20.3 Å². The number of hydrogen-bond donors (Lipinski definition) is 1. The van der Waals surface area contributed by atoms with E-state index in [2.05, 4.69) is 15.4 Å². The quantitative estimate of drug-likeness (QED) is 0.750. The maximum absolute atomic E-state index is 11.1. The van der Waals surface area contributed by atoms with Gasteiger partial charge in [0.15, 0.2) is 11.6 Å². The normalized spacial score (nSPS) is 16.5. The van der Waals surface area contributed by atoms with E-state index in [1.165, 1.54) is 6.20 Å². The fourth-order valence-corrected chi connectivity index (χ4v) is 1.96. The summed E-state index contributed by atoms with van der Waals surface area (Å²) in [7, 11) is 1.27. The lowest BCUT2D eigenvalue weighted by Crippen LogP contribution is -2.18. The Labute approximate surface area is 89.4 Å². The molecular formula is C6H6ClN3O4S. The van der Waals surface area contributed by atoms with Crippen LogP contribution >= 0.6 is 10.7 Å². The third kappa shape index (κ3) is 2.05. The molecule has 0 spiro atoms. The number of oxime groups is 1. The van der Waals surface area contributed by atoms with Gasteiger partial charge in [0.1, 0.15) is 6.61 Å². The Morgan fingerprint density at radius 3 is 2.87 bits per heavy atom. The molecule has 1 aromatic heterocycles. The Morgan fingerprint density at radius 2 is 2.27 bits per heavy atom. The van der Waals surface area contributed by atoms with Crippen LogP contribution in [0.15, 0.2) is 16.4 Å². The van der Waals surface area contributed by atoms with Crippen molar-refractivity contribution in [1.29, 1.82) is 0 Å². The van der Waals surface area contributed by atoms with Crippen LogP contribution < -0.4 is 0 Å². The molecule has 2 heterocycles. The molecule has 0 unspecified atom stereocenters. The molecule has 1 aliphatic rings. The van der Waals surface area contributed by atoms with Crippen LogP contribution in [-0.4, -0.2) is 37.7 Å². The highest BCUT2D eigenvalue weighted by Gasteiger charge is 2.24. The summed E-state index contributed by atoms with van der Waals surface area (Å²) in [6, 6.07) is 0. The maximum atomic E-state index is 11.1. The molecule has 0 atom stereocenters. The van der Waals surface area contributed by atoms with E-state index in [9.17, 15) is 8.42 Å². The molecule has 7 nitrogen and oxygen atoms in total. The lowest BCUT2D eigenvalue weighted by Gasteiger charge is -2.12. The highest BCUT2D eigenvalue weighted by Crippen LogP contribution is 2.18. The molecular weight excluding hydrogens is 246 g/mol. The molecule has 2 rings (SSSR count). The Bertz CT molecular complexity index is 494. The molecule has 0 bridgehead atoms. The minimum absolute atomic E-state index is 0.0502. The van der Waals surface area contributed by atoms with Gasteiger partial charge in [-0.2, -0.15) is 5.10 Å². The highest BCUT2D eigenvalue weighted by atomic mass is 35.7. The smallest absolute Gasteiger partial charge is 0.278 e. The molecule has 82 valence electrons. The monoisotopic (exact) mass is 251 g/mol. The molecule has 0 fully saturated rings. The van der Waals surface area contributed by atoms with Crippen molar-refractivity contribution in [1.82, 2.24) is 10.2 Å². The molecule has 0 saturated heterocycles. The lowest BCUT2D eigenvalue weighted by atomic mass is 10.3. The van der Waals surface area contributed by atoms with Crippen LogP contribution in [0, 0.1) is 0 Å². The SMILES string of the molecule is O=S(=O)(Cl)c1[nH]ncc1C1=NOCCO1. The second kappa shape index (κ2) is 3.70. The molecule has 0 aromatic carbocycles. The average Bonchev–Trinajstić information content (AvgIpc) is 2.67. The first-order valence-electron chi connectivity index (χ1n) is 3.90.